The van der Waals surface area contributed by atoms with Crippen LogP contribution in [0.2, 0.25) is 0 Å². The number of nitrogens with one attached hydrogen (secondary N) is 1. The molecule has 0 aliphatic carbocycles. The summed E-state index contributed by atoms with van der Waals surface area (Å²) in [5.74, 6) is -0.278. The Morgan fingerprint density at radius 3 is 2.57 bits per heavy atom. The summed E-state index contributed by atoms with van der Waals surface area (Å²) >= 11 is 0. The standard InChI is InChI=1S/C23H25N3O2/c1-5-18-7-6-8-20(14-18)24-23(28)17(4)26-22(27)12-11-21(25-26)19-10-9-15(2)16(3)13-19/h6-14,17H,5H2,1-4H3,(H,24,28)/t17-/m1/s1. The average molecular weight is 375 g/mol. The molecule has 3 aromatic rings. The lowest BCUT2D eigenvalue weighted by Gasteiger charge is -2.15. The van der Waals surface area contributed by atoms with Gasteiger partial charge in [-0.05, 0) is 68.1 Å². The van der Waals surface area contributed by atoms with Gasteiger partial charge in [0.1, 0.15) is 6.04 Å². The summed E-state index contributed by atoms with van der Waals surface area (Å²) in [7, 11) is 0. The highest BCUT2D eigenvalue weighted by Gasteiger charge is 2.18. The number of rotatable bonds is 5. The Bertz CT molecular complexity index is 1070. The summed E-state index contributed by atoms with van der Waals surface area (Å²) in [4.78, 5) is 25.0. The van der Waals surface area contributed by atoms with Gasteiger partial charge in [0, 0.05) is 17.3 Å². The van der Waals surface area contributed by atoms with Gasteiger partial charge in [-0.1, -0.05) is 31.2 Å². The molecule has 1 N–H and O–H groups in total. The first-order valence-electron chi connectivity index (χ1n) is 9.46. The predicted octanol–water partition coefficient (Wildman–Crippen LogP) is 4.29. The Kier molecular flexibility index (Phi) is 5.73. The molecule has 0 aliphatic heterocycles. The van der Waals surface area contributed by atoms with Crippen LogP contribution in [0.15, 0.2) is 59.4 Å². The summed E-state index contributed by atoms with van der Waals surface area (Å²) < 4.78 is 1.24. The smallest absolute Gasteiger partial charge is 0.267 e. The van der Waals surface area contributed by atoms with E-state index >= 15 is 0 Å². The number of aromatic nitrogens is 2. The van der Waals surface area contributed by atoms with Crippen molar-refractivity contribution < 1.29 is 4.79 Å². The Morgan fingerprint density at radius 1 is 1.07 bits per heavy atom. The molecule has 0 radical (unpaired) electrons. The summed E-state index contributed by atoms with van der Waals surface area (Å²) in [6, 6.07) is 16.1. The van der Waals surface area contributed by atoms with E-state index in [2.05, 4.69) is 17.3 Å². The van der Waals surface area contributed by atoms with Crippen LogP contribution in [0.25, 0.3) is 11.3 Å². The first-order valence-corrected chi connectivity index (χ1v) is 9.46. The molecule has 0 aliphatic rings. The van der Waals surface area contributed by atoms with E-state index in [0.717, 1.165) is 28.8 Å². The molecule has 1 heterocycles. The van der Waals surface area contributed by atoms with Crippen LogP contribution in [0.4, 0.5) is 5.69 Å². The van der Waals surface area contributed by atoms with Crippen LogP contribution in [0, 0.1) is 13.8 Å². The van der Waals surface area contributed by atoms with Crippen molar-refractivity contribution in [2.75, 3.05) is 5.32 Å². The summed E-state index contributed by atoms with van der Waals surface area (Å²) in [6.07, 6.45) is 0.887. The van der Waals surface area contributed by atoms with Crippen molar-refractivity contribution in [3.8, 4) is 11.3 Å². The molecule has 5 heteroatoms. The lowest BCUT2D eigenvalue weighted by atomic mass is 10.0. The molecule has 0 saturated carbocycles. The Hall–Kier alpha value is -3.21. The van der Waals surface area contributed by atoms with Crippen LogP contribution in [-0.2, 0) is 11.2 Å². The van der Waals surface area contributed by atoms with E-state index in [0.29, 0.717) is 5.69 Å². The van der Waals surface area contributed by atoms with E-state index in [1.165, 1.54) is 16.3 Å². The maximum atomic E-state index is 12.7. The number of hydrogen-bond acceptors (Lipinski definition) is 3. The van der Waals surface area contributed by atoms with Gasteiger partial charge in [-0.3, -0.25) is 9.59 Å². The Morgan fingerprint density at radius 2 is 1.86 bits per heavy atom. The molecule has 0 saturated heterocycles. The fourth-order valence-electron chi connectivity index (χ4n) is 2.98. The van der Waals surface area contributed by atoms with Gasteiger partial charge in [0.2, 0.25) is 5.91 Å². The second kappa shape index (κ2) is 8.21. The maximum Gasteiger partial charge on any atom is 0.267 e. The van der Waals surface area contributed by atoms with Gasteiger partial charge < -0.3 is 5.32 Å². The van der Waals surface area contributed by atoms with Crippen LogP contribution < -0.4 is 10.9 Å². The van der Waals surface area contributed by atoms with Crippen molar-refractivity contribution in [3.05, 3.63) is 81.6 Å². The zero-order chi connectivity index (χ0) is 20.3. The average Bonchev–Trinajstić information content (AvgIpc) is 2.70. The van der Waals surface area contributed by atoms with Crippen molar-refractivity contribution in [1.29, 1.82) is 0 Å². The van der Waals surface area contributed by atoms with Crippen LogP contribution in [-0.4, -0.2) is 15.7 Å². The van der Waals surface area contributed by atoms with Crippen LogP contribution >= 0.6 is 0 Å². The van der Waals surface area contributed by atoms with E-state index in [4.69, 9.17) is 0 Å². The Balaban J connectivity index is 1.88. The second-order valence-corrected chi connectivity index (χ2v) is 7.02. The first kappa shape index (κ1) is 19.5. The quantitative estimate of drug-likeness (QED) is 0.723. The van der Waals surface area contributed by atoms with Crippen molar-refractivity contribution in [3.63, 3.8) is 0 Å². The summed E-state index contributed by atoms with van der Waals surface area (Å²) in [5, 5.41) is 7.33. The Labute approximate surface area is 165 Å². The summed E-state index contributed by atoms with van der Waals surface area (Å²) in [6.45, 7) is 7.83. The third-order valence-corrected chi connectivity index (χ3v) is 4.98. The molecule has 1 atom stereocenters. The molecule has 28 heavy (non-hydrogen) atoms. The van der Waals surface area contributed by atoms with E-state index in [-0.39, 0.29) is 11.5 Å². The number of nitrogens with zero attached hydrogens (tertiary/aromatic N) is 2. The van der Waals surface area contributed by atoms with E-state index in [1.54, 1.807) is 13.0 Å². The van der Waals surface area contributed by atoms with E-state index in [9.17, 15) is 9.59 Å². The second-order valence-electron chi connectivity index (χ2n) is 7.02. The monoisotopic (exact) mass is 375 g/mol. The highest BCUT2D eigenvalue weighted by atomic mass is 16.2. The third kappa shape index (κ3) is 4.19. The molecule has 2 aromatic carbocycles. The van der Waals surface area contributed by atoms with Crippen LogP contribution in [0.3, 0.4) is 0 Å². The predicted molar refractivity (Wildman–Crippen MR) is 113 cm³/mol. The lowest BCUT2D eigenvalue weighted by Crippen LogP contribution is -2.33. The highest BCUT2D eigenvalue weighted by Crippen LogP contribution is 2.20. The number of amides is 1. The topological polar surface area (TPSA) is 64.0 Å². The fraction of sp³-hybridized carbons (Fsp3) is 0.261. The number of anilines is 1. The van der Waals surface area contributed by atoms with Gasteiger partial charge in [0.15, 0.2) is 0 Å². The van der Waals surface area contributed by atoms with E-state index < -0.39 is 6.04 Å². The van der Waals surface area contributed by atoms with Crippen molar-refractivity contribution in [1.82, 2.24) is 9.78 Å². The molecule has 1 amide bonds. The molecule has 144 valence electrons. The minimum absolute atomic E-state index is 0.278. The maximum absolute atomic E-state index is 12.7. The van der Waals surface area contributed by atoms with Crippen molar-refractivity contribution >= 4 is 11.6 Å². The number of carbonyl (C=O) groups is 1. The molecule has 1 aromatic heterocycles. The lowest BCUT2D eigenvalue weighted by molar-refractivity contribution is -0.119. The first-order chi connectivity index (χ1) is 13.4. The molecule has 0 spiro atoms. The van der Waals surface area contributed by atoms with Crippen LogP contribution in [0.1, 0.15) is 36.6 Å². The SMILES string of the molecule is CCc1cccc(NC(=O)[C@@H](C)n2nc(-c3ccc(C)c(C)c3)ccc2=O)c1. The number of carbonyl (C=O) groups excluding carboxylic acids is 1. The molecule has 0 bridgehead atoms. The normalized spacial score (nSPS) is 11.9. The van der Waals surface area contributed by atoms with Gasteiger partial charge in [-0.25, -0.2) is 4.68 Å². The fourth-order valence-corrected chi connectivity index (χ4v) is 2.98. The molecule has 3 rings (SSSR count). The molecular formula is C23H25N3O2. The third-order valence-electron chi connectivity index (χ3n) is 4.98. The molecular weight excluding hydrogens is 350 g/mol. The largest absolute Gasteiger partial charge is 0.324 e. The zero-order valence-electron chi connectivity index (χ0n) is 16.7. The molecule has 0 fully saturated rings. The van der Waals surface area contributed by atoms with E-state index in [1.807, 2.05) is 56.3 Å². The summed E-state index contributed by atoms with van der Waals surface area (Å²) in [5.41, 5.74) is 5.47. The number of benzene rings is 2. The minimum atomic E-state index is -0.732. The van der Waals surface area contributed by atoms with Crippen molar-refractivity contribution in [2.24, 2.45) is 0 Å². The number of hydrogen-bond donors (Lipinski definition) is 1. The molecule has 5 nitrogen and oxygen atoms in total. The van der Waals surface area contributed by atoms with Gasteiger partial charge in [0.25, 0.3) is 5.56 Å². The minimum Gasteiger partial charge on any atom is -0.324 e. The molecule has 0 unspecified atom stereocenters. The van der Waals surface area contributed by atoms with Gasteiger partial charge in [-0.15, -0.1) is 0 Å². The highest BCUT2D eigenvalue weighted by molar-refractivity contribution is 5.93. The zero-order valence-corrected chi connectivity index (χ0v) is 16.7. The number of aryl methyl sites for hydroxylation is 3. The van der Waals surface area contributed by atoms with Gasteiger partial charge >= 0.3 is 0 Å². The van der Waals surface area contributed by atoms with Crippen LogP contribution in [0.5, 0.6) is 0 Å². The van der Waals surface area contributed by atoms with Gasteiger partial charge in [-0.2, -0.15) is 5.10 Å². The van der Waals surface area contributed by atoms with Gasteiger partial charge in [0.05, 0.1) is 5.69 Å². The van der Waals surface area contributed by atoms with Crippen molar-refractivity contribution in [2.45, 2.75) is 40.2 Å².